The van der Waals surface area contributed by atoms with Crippen LogP contribution in [0, 0.1) is 0 Å². The van der Waals surface area contributed by atoms with Gasteiger partial charge < -0.3 is 15.4 Å². The van der Waals surface area contributed by atoms with Crippen LogP contribution in [0.25, 0.3) is 0 Å². The molecule has 100 valence electrons. The van der Waals surface area contributed by atoms with E-state index >= 15 is 0 Å². The standard InChI is InChI=1S/C12H20N4O2/c1-15-11(17)6-10(8-18-2)14-12(15)16-5-3-4-9(13)7-16/h6,9H,3-5,7-8,13H2,1-2H3. The summed E-state index contributed by atoms with van der Waals surface area (Å²) in [5.41, 5.74) is 6.56. The van der Waals surface area contributed by atoms with Gasteiger partial charge in [0.25, 0.3) is 5.56 Å². The lowest BCUT2D eigenvalue weighted by molar-refractivity contribution is 0.181. The molecule has 0 aliphatic carbocycles. The van der Waals surface area contributed by atoms with Gasteiger partial charge in [-0.3, -0.25) is 9.36 Å². The Bertz CT molecular complexity index is 472. The van der Waals surface area contributed by atoms with Crippen LogP contribution in [0.2, 0.25) is 0 Å². The normalized spacial score (nSPS) is 20.2. The largest absolute Gasteiger partial charge is 0.378 e. The van der Waals surface area contributed by atoms with Gasteiger partial charge in [0, 0.05) is 39.4 Å². The Labute approximate surface area is 106 Å². The summed E-state index contributed by atoms with van der Waals surface area (Å²) < 4.78 is 6.60. The predicted molar refractivity (Wildman–Crippen MR) is 69.6 cm³/mol. The molecule has 0 bridgehead atoms. The number of ether oxygens (including phenoxy) is 1. The van der Waals surface area contributed by atoms with Crippen molar-refractivity contribution in [3.05, 3.63) is 22.1 Å². The van der Waals surface area contributed by atoms with E-state index in [9.17, 15) is 4.79 Å². The third kappa shape index (κ3) is 2.70. The SMILES string of the molecule is COCc1cc(=O)n(C)c(N2CCCC(N)C2)n1. The van der Waals surface area contributed by atoms with Crippen molar-refractivity contribution in [1.82, 2.24) is 9.55 Å². The lowest BCUT2D eigenvalue weighted by Crippen LogP contribution is -2.45. The van der Waals surface area contributed by atoms with E-state index < -0.39 is 0 Å². The second kappa shape index (κ2) is 5.49. The maximum Gasteiger partial charge on any atom is 0.254 e. The van der Waals surface area contributed by atoms with E-state index in [0.29, 0.717) is 18.2 Å². The lowest BCUT2D eigenvalue weighted by atomic mass is 10.1. The number of methoxy groups -OCH3 is 1. The van der Waals surface area contributed by atoms with Crippen LogP contribution in [0.15, 0.2) is 10.9 Å². The molecule has 0 aromatic carbocycles. The lowest BCUT2D eigenvalue weighted by Gasteiger charge is -2.32. The van der Waals surface area contributed by atoms with Crippen molar-refractivity contribution < 1.29 is 4.74 Å². The number of anilines is 1. The van der Waals surface area contributed by atoms with E-state index in [0.717, 1.165) is 25.9 Å². The van der Waals surface area contributed by atoms with Crippen LogP contribution in [0.1, 0.15) is 18.5 Å². The highest BCUT2D eigenvalue weighted by Gasteiger charge is 2.20. The van der Waals surface area contributed by atoms with Crippen LogP contribution in [0.4, 0.5) is 5.95 Å². The molecule has 1 aliphatic rings. The summed E-state index contributed by atoms with van der Waals surface area (Å²) >= 11 is 0. The molecular formula is C12H20N4O2. The zero-order chi connectivity index (χ0) is 13.1. The average Bonchev–Trinajstić information content (AvgIpc) is 2.34. The zero-order valence-corrected chi connectivity index (χ0v) is 10.9. The fourth-order valence-electron chi connectivity index (χ4n) is 2.27. The van der Waals surface area contributed by atoms with Crippen LogP contribution in [-0.2, 0) is 18.4 Å². The highest BCUT2D eigenvalue weighted by molar-refractivity contribution is 5.33. The summed E-state index contributed by atoms with van der Waals surface area (Å²) in [6, 6.07) is 1.67. The molecule has 18 heavy (non-hydrogen) atoms. The quantitative estimate of drug-likeness (QED) is 0.810. The van der Waals surface area contributed by atoms with Gasteiger partial charge in [0.2, 0.25) is 5.95 Å². The van der Waals surface area contributed by atoms with Crippen molar-refractivity contribution in [2.45, 2.75) is 25.5 Å². The molecule has 6 nitrogen and oxygen atoms in total. The first-order valence-electron chi connectivity index (χ1n) is 6.18. The van der Waals surface area contributed by atoms with Gasteiger partial charge in [-0.1, -0.05) is 0 Å². The van der Waals surface area contributed by atoms with E-state index in [2.05, 4.69) is 9.88 Å². The third-order valence-corrected chi connectivity index (χ3v) is 3.20. The first kappa shape index (κ1) is 13.0. The number of piperidine rings is 1. The van der Waals surface area contributed by atoms with E-state index in [1.165, 1.54) is 6.07 Å². The Balaban J connectivity index is 2.33. The smallest absolute Gasteiger partial charge is 0.254 e. The first-order chi connectivity index (χ1) is 8.61. The maximum atomic E-state index is 11.9. The molecule has 1 atom stereocenters. The molecule has 2 rings (SSSR count). The molecule has 1 unspecified atom stereocenters. The highest BCUT2D eigenvalue weighted by Crippen LogP contribution is 2.15. The molecule has 2 heterocycles. The number of hydrogen-bond donors (Lipinski definition) is 1. The number of nitrogens with two attached hydrogens (primary N) is 1. The molecule has 1 aromatic rings. The van der Waals surface area contributed by atoms with Crippen LogP contribution >= 0.6 is 0 Å². The zero-order valence-electron chi connectivity index (χ0n) is 10.9. The van der Waals surface area contributed by atoms with Gasteiger partial charge >= 0.3 is 0 Å². The minimum absolute atomic E-state index is 0.0637. The third-order valence-electron chi connectivity index (χ3n) is 3.20. The minimum Gasteiger partial charge on any atom is -0.378 e. The fraction of sp³-hybridized carbons (Fsp3) is 0.667. The number of aromatic nitrogens is 2. The van der Waals surface area contributed by atoms with Gasteiger partial charge in [-0.2, -0.15) is 0 Å². The van der Waals surface area contributed by atoms with Crippen molar-refractivity contribution in [3.63, 3.8) is 0 Å². The summed E-state index contributed by atoms with van der Waals surface area (Å²) in [5.74, 6) is 0.685. The van der Waals surface area contributed by atoms with Gasteiger partial charge in [0.15, 0.2) is 0 Å². The molecule has 2 N–H and O–H groups in total. The van der Waals surface area contributed by atoms with Crippen molar-refractivity contribution in [3.8, 4) is 0 Å². The van der Waals surface area contributed by atoms with Crippen LogP contribution < -0.4 is 16.2 Å². The number of nitrogens with zero attached hydrogens (tertiary/aromatic N) is 3. The summed E-state index contributed by atoms with van der Waals surface area (Å²) in [4.78, 5) is 18.4. The van der Waals surface area contributed by atoms with E-state index in [1.807, 2.05) is 0 Å². The summed E-state index contributed by atoms with van der Waals surface area (Å²) in [5, 5.41) is 0. The first-order valence-corrected chi connectivity index (χ1v) is 6.18. The summed E-state index contributed by atoms with van der Waals surface area (Å²) in [6.45, 7) is 1.99. The molecule has 1 fully saturated rings. The molecule has 1 aromatic heterocycles. The van der Waals surface area contributed by atoms with E-state index in [4.69, 9.17) is 10.5 Å². The van der Waals surface area contributed by atoms with Gasteiger partial charge in [0.1, 0.15) is 0 Å². The van der Waals surface area contributed by atoms with Crippen LogP contribution in [-0.4, -0.2) is 35.8 Å². The van der Waals surface area contributed by atoms with Crippen molar-refractivity contribution in [1.29, 1.82) is 0 Å². The highest BCUT2D eigenvalue weighted by atomic mass is 16.5. The van der Waals surface area contributed by atoms with Crippen molar-refractivity contribution >= 4 is 5.95 Å². The molecule has 6 heteroatoms. The molecular weight excluding hydrogens is 232 g/mol. The van der Waals surface area contributed by atoms with Crippen molar-refractivity contribution in [2.24, 2.45) is 12.8 Å². The average molecular weight is 252 g/mol. The summed E-state index contributed by atoms with van der Waals surface area (Å²) in [7, 11) is 3.33. The van der Waals surface area contributed by atoms with E-state index in [-0.39, 0.29) is 11.6 Å². The Morgan fingerprint density at radius 3 is 3.06 bits per heavy atom. The summed E-state index contributed by atoms with van der Waals surface area (Å²) in [6.07, 6.45) is 2.06. The monoisotopic (exact) mass is 252 g/mol. The number of rotatable bonds is 3. The molecule has 0 amide bonds. The Morgan fingerprint density at radius 1 is 1.61 bits per heavy atom. The van der Waals surface area contributed by atoms with Gasteiger partial charge in [-0.05, 0) is 12.8 Å². The molecule has 0 spiro atoms. The van der Waals surface area contributed by atoms with Gasteiger partial charge in [0.05, 0.1) is 12.3 Å². The Hall–Kier alpha value is -1.40. The molecule has 1 aliphatic heterocycles. The molecule has 0 saturated carbocycles. The molecule has 0 radical (unpaired) electrons. The van der Waals surface area contributed by atoms with Crippen LogP contribution in [0.5, 0.6) is 0 Å². The molecule has 1 saturated heterocycles. The van der Waals surface area contributed by atoms with Gasteiger partial charge in [-0.15, -0.1) is 0 Å². The predicted octanol–water partition coefficient (Wildman–Crippen LogP) is -0.146. The Kier molecular flexibility index (Phi) is 3.98. The van der Waals surface area contributed by atoms with Crippen LogP contribution in [0.3, 0.4) is 0 Å². The van der Waals surface area contributed by atoms with Gasteiger partial charge in [-0.25, -0.2) is 4.98 Å². The number of hydrogen-bond acceptors (Lipinski definition) is 5. The fourth-order valence-corrected chi connectivity index (χ4v) is 2.27. The van der Waals surface area contributed by atoms with Crippen molar-refractivity contribution in [2.75, 3.05) is 25.1 Å². The maximum absolute atomic E-state index is 11.9. The second-order valence-electron chi connectivity index (χ2n) is 4.73. The van der Waals surface area contributed by atoms with E-state index in [1.54, 1.807) is 18.7 Å². The second-order valence-corrected chi connectivity index (χ2v) is 4.73. The minimum atomic E-state index is -0.0637. The Morgan fingerprint density at radius 2 is 2.39 bits per heavy atom. The topological polar surface area (TPSA) is 73.4 Å².